The highest BCUT2D eigenvalue weighted by molar-refractivity contribution is 5.52. The first-order valence-corrected chi connectivity index (χ1v) is 9.75. The largest absolute Gasteiger partial charge is 0.392 e. The number of rotatable bonds is 5. The maximum absolute atomic E-state index is 14.3. The van der Waals surface area contributed by atoms with E-state index >= 15 is 0 Å². The Bertz CT molecular complexity index is 887. The van der Waals surface area contributed by atoms with E-state index in [4.69, 9.17) is 4.74 Å². The zero-order valence-corrected chi connectivity index (χ0v) is 16.1. The van der Waals surface area contributed by atoms with Crippen molar-refractivity contribution in [1.29, 1.82) is 0 Å². The molecule has 6 nitrogen and oxygen atoms in total. The Morgan fingerprint density at radius 3 is 2.54 bits per heavy atom. The summed E-state index contributed by atoms with van der Waals surface area (Å²) in [7, 11) is 1.77. The number of nitrogens with zero attached hydrogens (tertiary/aromatic N) is 3. The van der Waals surface area contributed by atoms with Crippen molar-refractivity contribution in [2.24, 2.45) is 7.05 Å². The Labute approximate surface area is 163 Å². The van der Waals surface area contributed by atoms with Gasteiger partial charge in [-0.3, -0.25) is 4.79 Å². The van der Waals surface area contributed by atoms with E-state index in [1.807, 2.05) is 17.2 Å². The highest BCUT2D eigenvalue weighted by Gasteiger charge is 2.33. The van der Waals surface area contributed by atoms with Gasteiger partial charge in [0.15, 0.2) is 5.82 Å². The van der Waals surface area contributed by atoms with Crippen LogP contribution in [-0.2, 0) is 18.4 Å². The van der Waals surface area contributed by atoms with E-state index in [1.165, 1.54) is 0 Å². The lowest BCUT2D eigenvalue weighted by atomic mass is 10.0. The molecule has 0 atom stereocenters. The van der Waals surface area contributed by atoms with Crippen LogP contribution < -0.4 is 15.4 Å². The van der Waals surface area contributed by atoms with Crippen LogP contribution in [0.15, 0.2) is 41.3 Å². The summed E-state index contributed by atoms with van der Waals surface area (Å²) in [4.78, 5) is 15.8. The van der Waals surface area contributed by atoms with Gasteiger partial charge in [-0.1, -0.05) is 12.1 Å². The van der Waals surface area contributed by atoms with Crippen molar-refractivity contribution in [3.8, 4) is 0 Å². The van der Waals surface area contributed by atoms with Crippen molar-refractivity contribution in [1.82, 2.24) is 4.57 Å². The van der Waals surface area contributed by atoms with Crippen molar-refractivity contribution >= 4 is 11.4 Å². The fourth-order valence-corrected chi connectivity index (χ4v) is 3.94. The quantitative estimate of drug-likeness (QED) is 0.849. The minimum atomic E-state index is -0.339. The van der Waals surface area contributed by atoms with Crippen LogP contribution in [0.3, 0.4) is 0 Å². The first-order valence-electron chi connectivity index (χ1n) is 9.75. The predicted molar refractivity (Wildman–Crippen MR) is 106 cm³/mol. The maximum Gasteiger partial charge on any atom is 0.250 e. The van der Waals surface area contributed by atoms with Gasteiger partial charge in [0, 0.05) is 51.1 Å². The van der Waals surface area contributed by atoms with Crippen molar-refractivity contribution in [2.45, 2.75) is 31.7 Å². The second-order valence-corrected chi connectivity index (χ2v) is 7.59. The number of anilines is 2. The van der Waals surface area contributed by atoms with E-state index < -0.39 is 0 Å². The Morgan fingerprint density at radius 1 is 1.11 bits per heavy atom. The molecule has 2 aliphatic rings. The normalized spacial score (nSPS) is 18.4. The first kappa shape index (κ1) is 19.0. The second kappa shape index (κ2) is 7.93. The first-order chi connectivity index (χ1) is 13.5. The Balaban J connectivity index is 1.26. The van der Waals surface area contributed by atoms with Gasteiger partial charge in [0.1, 0.15) is 0 Å². The molecule has 150 valence electrons. The van der Waals surface area contributed by atoms with Gasteiger partial charge in [-0.15, -0.1) is 0 Å². The molecule has 2 aliphatic heterocycles. The average Bonchev–Trinajstić information content (AvgIpc) is 2.68. The number of aryl methyl sites for hydroxylation is 1. The fourth-order valence-electron chi connectivity index (χ4n) is 3.94. The van der Waals surface area contributed by atoms with E-state index in [0.29, 0.717) is 24.3 Å². The van der Waals surface area contributed by atoms with Gasteiger partial charge in [-0.2, -0.15) is 0 Å². The lowest BCUT2D eigenvalue weighted by Crippen LogP contribution is -2.54. The highest BCUT2D eigenvalue weighted by atomic mass is 19.1. The number of piperidine rings is 1. The lowest BCUT2D eigenvalue weighted by Gasteiger charge is -2.44. The number of aliphatic hydroxyl groups is 1. The fraction of sp³-hybridized carbons (Fsp3) is 0.476. The number of hydrogen-bond donors (Lipinski definition) is 1. The third kappa shape index (κ3) is 3.77. The van der Waals surface area contributed by atoms with Crippen LogP contribution in [0.1, 0.15) is 18.4 Å². The number of halogens is 1. The van der Waals surface area contributed by atoms with Crippen LogP contribution in [0.5, 0.6) is 0 Å². The van der Waals surface area contributed by atoms with Crippen LogP contribution >= 0.6 is 0 Å². The monoisotopic (exact) mass is 387 g/mol. The number of hydrogen-bond acceptors (Lipinski definition) is 5. The van der Waals surface area contributed by atoms with Crippen LogP contribution in [0.25, 0.3) is 0 Å². The van der Waals surface area contributed by atoms with Crippen LogP contribution in [-0.4, -0.2) is 48.1 Å². The van der Waals surface area contributed by atoms with Crippen LogP contribution in [0.4, 0.5) is 15.8 Å². The molecule has 28 heavy (non-hydrogen) atoms. The molecule has 0 bridgehead atoms. The number of ether oxygens (including phenoxy) is 1. The lowest BCUT2D eigenvalue weighted by molar-refractivity contribution is -0.0360. The Kier molecular flexibility index (Phi) is 5.37. The van der Waals surface area contributed by atoms with Gasteiger partial charge in [-0.05, 0) is 25.0 Å². The molecule has 2 fully saturated rings. The summed E-state index contributed by atoms with van der Waals surface area (Å²) in [5, 5.41) is 9.21. The van der Waals surface area contributed by atoms with Crippen molar-refractivity contribution in [2.75, 3.05) is 36.0 Å². The molecular formula is C21H26FN3O3. The topological polar surface area (TPSA) is 57.9 Å². The third-order valence-corrected chi connectivity index (χ3v) is 5.68. The highest BCUT2D eigenvalue weighted by Crippen LogP contribution is 2.29. The van der Waals surface area contributed by atoms with Gasteiger partial charge >= 0.3 is 0 Å². The van der Waals surface area contributed by atoms with Gasteiger partial charge < -0.3 is 24.2 Å². The number of aromatic nitrogens is 1. The van der Waals surface area contributed by atoms with Crippen molar-refractivity contribution < 1.29 is 14.2 Å². The SMILES string of the molecule is Cn1cc(N2CCC(OC3CN(c4cccc(CO)c4F)C3)CC2)ccc1=O. The standard InChI is InChI=1S/C21H26FN3O3/c1-23-11-16(5-6-20(23)27)24-9-7-17(8-10-24)28-18-12-25(13-18)19-4-2-3-15(14-26)21(19)22/h2-6,11,17-18,26H,7-10,12-14H2,1H3. The molecule has 3 heterocycles. The molecule has 4 rings (SSSR count). The molecule has 1 aromatic heterocycles. The second-order valence-electron chi connectivity index (χ2n) is 7.59. The Hall–Kier alpha value is -2.38. The smallest absolute Gasteiger partial charge is 0.250 e. The van der Waals surface area contributed by atoms with Crippen molar-refractivity contribution in [3.63, 3.8) is 0 Å². The molecule has 0 radical (unpaired) electrons. The van der Waals surface area contributed by atoms with Gasteiger partial charge in [0.25, 0.3) is 0 Å². The molecule has 0 amide bonds. The molecule has 0 saturated carbocycles. The minimum Gasteiger partial charge on any atom is -0.392 e. The van der Waals surface area contributed by atoms with E-state index in [2.05, 4.69) is 4.90 Å². The summed E-state index contributed by atoms with van der Waals surface area (Å²) in [6.07, 6.45) is 4.08. The van der Waals surface area contributed by atoms with Gasteiger partial charge in [-0.25, -0.2) is 4.39 Å². The predicted octanol–water partition coefficient (Wildman–Crippen LogP) is 1.89. The number of pyridine rings is 1. The molecule has 1 N–H and O–H groups in total. The van der Waals surface area contributed by atoms with Gasteiger partial charge in [0.2, 0.25) is 5.56 Å². The van der Waals surface area contributed by atoms with E-state index in [0.717, 1.165) is 31.6 Å². The summed E-state index contributed by atoms with van der Waals surface area (Å²) in [5.41, 5.74) is 1.93. The number of benzene rings is 1. The van der Waals surface area contributed by atoms with Crippen LogP contribution in [0, 0.1) is 5.82 Å². The molecule has 0 aliphatic carbocycles. The van der Waals surface area contributed by atoms with E-state index in [9.17, 15) is 14.3 Å². The Morgan fingerprint density at radius 2 is 1.86 bits per heavy atom. The van der Waals surface area contributed by atoms with E-state index in [-0.39, 0.29) is 30.2 Å². The molecule has 0 unspecified atom stereocenters. The van der Waals surface area contributed by atoms with Gasteiger partial charge in [0.05, 0.1) is 30.2 Å². The number of aliphatic hydroxyl groups excluding tert-OH is 1. The summed E-state index contributed by atoms with van der Waals surface area (Å²) in [6.45, 7) is 2.85. The summed E-state index contributed by atoms with van der Waals surface area (Å²) < 4.78 is 22.1. The molecule has 2 saturated heterocycles. The third-order valence-electron chi connectivity index (χ3n) is 5.68. The minimum absolute atomic E-state index is 0.00234. The van der Waals surface area contributed by atoms with Crippen molar-refractivity contribution in [3.05, 3.63) is 58.3 Å². The zero-order valence-electron chi connectivity index (χ0n) is 16.1. The summed E-state index contributed by atoms with van der Waals surface area (Å²) >= 11 is 0. The summed E-state index contributed by atoms with van der Waals surface area (Å²) in [5.74, 6) is -0.339. The molecular weight excluding hydrogens is 361 g/mol. The maximum atomic E-state index is 14.3. The zero-order chi connectivity index (χ0) is 19.7. The van der Waals surface area contributed by atoms with Crippen LogP contribution in [0.2, 0.25) is 0 Å². The molecule has 0 spiro atoms. The molecule has 1 aromatic carbocycles. The van der Waals surface area contributed by atoms with E-state index in [1.54, 1.807) is 35.9 Å². The molecule has 2 aromatic rings. The summed E-state index contributed by atoms with van der Waals surface area (Å²) in [6, 6.07) is 8.60. The average molecular weight is 387 g/mol. The molecule has 7 heteroatoms.